The molecule has 0 saturated carbocycles. The molecule has 7 heteroatoms. The molecule has 0 saturated heterocycles. The Morgan fingerprint density at radius 3 is 2.04 bits per heavy atom. The highest BCUT2D eigenvalue weighted by Gasteiger charge is 2.37. The SMILES string of the molecule is CCOP(=O)(OCC)C(/N=C/C(Cl)(CC)CC)c1ccc(OC)cc1. The minimum absolute atomic E-state index is 0.271. The van der Waals surface area contributed by atoms with E-state index in [9.17, 15) is 4.57 Å². The van der Waals surface area contributed by atoms with Crippen molar-refractivity contribution in [3.05, 3.63) is 29.8 Å². The lowest BCUT2D eigenvalue weighted by molar-refractivity contribution is 0.212. The summed E-state index contributed by atoms with van der Waals surface area (Å²) in [4.78, 5) is 3.99. The molecule has 0 aliphatic carbocycles. The predicted molar refractivity (Wildman–Crippen MR) is 104 cm³/mol. The van der Waals surface area contributed by atoms with Crippen molar-refractivity contribution in [3.8, 4) is 5.75 Å². The van der Waals surface area contributed by atoms with Gasteiger partial charge in [-0.2, -0.15) is 0 Å². The zero-order valence-corrected chi connectivity index (χ0v) is 17.3. The third kappa shape index (κ3) is 6.10. The maximum atomic E-state index is 13.3. The fourth-order valence-electron chi connectivity index (χ4n) is 2.30. The van der Waals surface area contributed by atoms with Gasteiger partial charge in [-0.05, 0) is 44.4 Å². The molecule has 0 aliphatic rings. The molecule has 0 spiro atoms. The molecule has 5 nitrogen and oxygen atoms in total. The standard InChI is InChI=1S/C18H29ClNO4P/c1-6-18(19,7-2)14-20-17(25(21,23-8-3)24-9-4)15-10-12-16(22-5)13-11-15/h10-14,17H,6-9H2,1-5H3/b20-14+. The largest absolute Gasteiger partial charge is 0.497 e. The first-order valence-electron chi connectivity index (χ1n) is 8.64. The van der Waals surface area contributed by atoms with Crippen molar-refractivity contribution in [2.75, 3.05) is 20.3 Å². The summed E-state index contributed by atoms with van der Waals surface area (Å²) in [6.07, 6.45) is 3.11. The Labute approximate surface area is 156 Å². The number of hydrogen-bond donors (Lipinski definition) is 0. The van der Waals surface area contributed by atoms with E-state index < -0.39 is 18.3 Å². The number of nitrogens with zero attached hydrogens (tertiary/aromatic N) is 1. The third-order valence-corrected chi connectivity index (χ3v) is 6.85. The highest BCUT2D eigenvalue weighted by molar-refractivity contribution is 7.54. The summed E-state index contributed by atoms with van der Waals surface area (Å²) in [6, 6.07) is 7.24. The van der Waals surface area contributed by atoms with Crippen molar-refractivity contribution in [1.29, 1.82) is 0 Å². The van der Waals surface area contributed by atoms with E-state index in [0.29, 0.717) is 5.75 Å². The van der Waals surface area contributed by atoms with Gasteiger partial charge in [-0.3, -0.25) is 9.56 Å². The van der Waals surface area contributed by atoms with Crippen molar-refractivity contribution in [2.45, 2.75) is 51.2 Å². The lowest BCUT2D eigenvalue weighted by Gasteiger charge is -2.25. The maximum Gasteiger partial charge on any atom is 0.359 e. The van der Waals surface area contributed by atoms with Crippen LogP contribution in [0.3, 0.4) is 0 Å². The summed E-state index contributed by atoms with van der Waals surface area (Å²) < 4.78 is 29.6. The Morgan fingerprint density at radius 2 is 1.64 bits per heavy atom. The molecule has 1 rings (SSSR count). The summed E-state index contributed by atoms with van der Waals surface area (Å²) in [6.45, 7) is 8.10. The number of methoxy groups -OCH3 is 1. The zero-order chi connectivity index (χ0) is 18.9. The van der Waals surface area contributed by atoms with Crippen molar-refractivity contribution < 1.29 is 18.3 Å². The highest BCUT2D eigenvalue weighted by Crippen LogP contribution is 2.61. The Morgan fingerprint density at radius 1 is 1.12 bits per heavy atom. The van der Waals surface area contributed by atoms with Gasteiger partial charge in [0.2, 0.25) is 0 Å². The van der Waals surface area contributed by atoms with E-state index in [0.717, 1.165) is 18.4 Å². The molecule has 0 aromatic heterocycles. The van der Waals surface area contributed by atoms with Gasteiger partial charge in [0.1, 0.15) is 5.75 Å². The van der Waals surface area contributed by atoms with Crippen LogP contribution in [0.2, 0.25) is 0 Å². The third-order valence-electron chi connectivity index (χ3n) is 3.95. The Bertz CT molecular complexity index is 577. The van der Waals surface area contributed by atoms with E-state index in [4.69, 9.17) is 25.4 Å². The molecule has 0 aliphatic heterocycles. The van der Waals surface area contributed by atoms with Crippen LogP contribution in [0.1, 0.15) is 51.9 Å². The van der Waals surface area contributed by atoms with Crippen LogP contribution in [0.4, 0.5) is 0 Å². The van der Waals surface area contributed by atoms with Crippen molar-refractivity contribution in [1.82, 2.24) is 0 Å². The van der Waals surface area contributed by atoms with Crippen LogP contribution in [0.5, 0.6) is 5.75 Å². The van der Waals surface area contributed by atoms with Crippen LogP contribution >= 0.6 is 19.2 Å². The van der Waals surface area contributed by atoms with Crippen molar-refractivity contribution >= 4 is 25.4 Å². The van der Waals surface area contributed by atoms with E-state index in [-0.39, 0.29) is 13.2 Å². The summed E-state index contributed by atoms with van der Waals surface area (Å²) in [5.74, 6) is -0.0579. The highest BCUT2D eigenvalue weighted by atomic mass is 35.5. The molecule has 1 unspecified atom stereocenters. The normalized spacial score (nSPS) is 14.0. The first kappa shape index (κ1) is 22.2. The second-order valence-electron chi connectivity index (χ2n) is 5.54. The molecule has 0 N–H and O–H groups in total. The van der Waals surface area contributed by atoms with E-state index in [1.165, 1.54) is 0 Å². The number of ether oxygens (including phenoxy) is 1. The van der Waals surface area contributed by atoms with Crippen molar-refractivity contribution in [3.63, 3.8) is 0 Å². The molecule has 0 amide bonds. The fraction of sp³-hybridized carbons (Fsp3) is 0.611. The number of hydrogen-bond acceptors (Lipinski definition) is 5. The average Bonchev–Trinajstić information content (AvgIpc) is 2.62. The topological polar surface area (TPSA) is 57.1 Å². The van der Waals surface area contributed by atoms with Gasteiger partial charge in [0, 0.05) is 6.21 Å². The second kappa shape index (κ2) is 10.3. The lowest BCUT2D eigenvalue weighted by Crippen LogP contribution is -2.21. The van der Waals surface area contributed by atoms with Gasteiger partial charge in [-0.15, -0.1) is 11.6 Å². The molecule has 0 fully saturated rings. The van der Waals surface area contributed by atoms with Gasteiger partial charge < -0.3 is 13.8 Å². The molecule has 1 aromatic rings. The monoisotopic (exact) mass is 389 g/mol. The first-order chi connectivity index (χ1) is 11.9. The molecule has 1 aromatic carbocycles. The molecular formula is C18H29ClNO4P. The number of alkyl halides is 1. The average molecular weight is 390 g/mol. The Hall–Kier alpha value is -0.870. The van der Waals surface area contributed by atoms with Crippen molar-refractivity contribution in [2.24, 2.45) is 4.99 Å². The van der Waals surface area contributed by atoms with E-state index in [1.54, 1.807) is 39.3 Å². The molecule has 142 valence electrons. The first-order valence-corrected chi connectivity index (χ1v) is 10.6. The molecule has 0 heterocycles. The quantitative estimate of drug-likeness (QED) is 0.271. The molecule has 1 atom stereocenters. The van der Waals surface area contributed by atoms with Gasteiger partial charge in [0.05, 0.1) is 25.2 Å². The van der Waals surface area contributed by atoms with Gasteiger partial charge in [-0.1, -0.05) is 26.0 Å². The van der Waals surface area contributed by atoms with E-state index in [1.807, 2.05) is 26.0 Å². The molecule has 0 radical (unpaired) electrons. The van der Waals surface area contributed by atoms with Crippen LogP contribution in [0.15, 0.2) is 29.3 Å². The summed E-state index contributed by atoms with van der Waals surface area (Å²) in [5, 5.41) is 0. The maximum absolute atomic E-state index is 13.3. The van der Waals surface area contributed by atoms with Crippen LogP contribution in [-0.4, -0.2) is 31.4 Å². The number of aliphatic imine (C=N–C) groups is 1. The van der Waals surface area contributed by atoms with Crippen LogP contribution in [-0.2, 0) is 13.6 Å². The van der Waals surface area contributed by atoms with Crippen LogP contribution < -0.4 is 4.74 Å². The van der Waals surface area contributed by atoms with Gasteiger partial charge in [0.25, 0.3) is 0 Å². The summed E-state index contributed by atoms with van der Waals surface area (Å²) in [7, 11) is -1.88. The van der Waals surface area contributed by atoms with E-state index in [2.05, 4.69) is 4.99 Å². The predicted octanol–water partition coefficient (Wildman–Crippen LogP) is 5.83. The minimum atomic E-state index is -3.48. The molecular weight excluding hydrogens is 361 g/mol. The van der Waals surface area contributed by atoms with Gasteiger partial charge >= 0.3 is 7.60 Å². The molecule has 25 heavy (non-hydrogen) atoms. The van der Waals surface area contributed by atoms with Crippen LogP contribution in [0, 0.1) is 0 Å². The number of rotatable bonds is 11. The summed E-state index contributed by atoms with van der Waals surface area (Å²) >= 11 is 6.55. The number of halogens is 1. The second-order valence-corrected chi connectivity index (χ2v) is 8.38. The van der Waals surface area contributed by atoms with Gasteiger partial charge in [0.15, 0.2) is 5.78 Å². The Balaban J connectivity index is 3.33. The molecule has 0 bridgehead atoms. The van der Waals surface area contributed by atoms with Gasteiger partial charge in [-0.25, -0.2) is 0 Å². The Kier molecular flexibility index (Phi) is 9.15. The summed E-state index contributed by atoms with van der Waals surface area (Å²) in [5.41, 5.74) is 0.730. The smallest absolute Gasteiger partial charge is 0.359 e. The fourth-order valence-corrected chi connectivity index (χ4v) is 4.20. The number of benzene rings is 1. The van der Waals surface area contributed by atoms with Crippen LogP contribution in [0.25, 0.3) is 0 Å². The zero-order valence-electron chi connectivity index (χ0n) is 15.7. The van der Waals surface area contributed by atoms with E-state index >= 15 is 0 Å². The minimum Gasteiger partial charge on any atom is -0.497 e. The lowest BCUT2D eigenvalue weighted by atomic mass is 10.0.